The van der Waals surface area contributed by atoms with Crippen molar-refractivity contribution in [2.75, 3.05) is 13.2 Å². The summed E-state index contributed by atoms with van der Waals surface area (Å²) in [6, 6.07) is 3.14. The SMILES string of the molecule is O=[N+]([O-])c1ccc(CNCC(F)(F)CO)cc1F. The predicted octanol–water partition coefficient (Wildman–Crippen LogP) is 1.45. The quantitative estimate of drug-likeness (QED) is 0.602. The first kappa shape index (κ1) is 14.4. The molecule has 0 saturated carbocycles. The summed E-state index contributed by atoms with van der Waals surface area (Å²) < 4.78 is 38.4. The molecule has 0 fully saturated rings. The van der Waals surface area contributed by atoms with E-state index in [9.17, 15) is 23.3 Å². The number of halogens is 3. The van der Waals surface area contributed by atoms with Crippen molar-refractivity contribution in [2.24, 2.45) is 0 Å². The van der Waals surface area contributed by atoms with Crippen LogP contribution >= 0.6 is 0 Å². The second kappa shape index (κ2) is 5.78. The van der Waals surface area contributed by atoms with Gasteiger partial charge in [0.05, 0.1) is 11.5 Å². The average Bonchev–Trinajstić information content (AvgIpc) is 2.28. The fraction of sp³-hybridized carbons (Fsp3) is 0.400. The Labute approximate surface area is 100 Å². The van der Waals surface area contributed by atoms with E-state index in [4.69, 9.17) is 5.11 Å². The van der Waals surface area contributed by atoms with Gasteiger partial charge in [0, 0.05) is 12.6 Å². The minimum atomic E-state index is -3.25. The highest BCUT2D eigenvalue weighted by Gasteiger charge is 2.26. The number of rotatable bonds is 6. The van der Waals surface area contributed by atoms with Crippen molar-refractivity contribution in [1.29, 1.82) is 0 Å². The Morgan fingerprint density at radius 1 is 1.44 bits per heavy atom. The molecule has 0 bridgehead atoms. The Kier molecular flexibility index (Phi) is 4.62. The predicted molar refractivity (Wildman–Crippen MR) is 56.8 cm³/mol. The van der Waals surface area contributed by atoms with E-state index in [-0.39, 0.29) is 6.54 Å². The van der Waals surface area contributed by atoms with E-state index < -0.39 is 35.5 Å². The zero-order chi connectivity index (χ0) is 13.8. The van der Waals surface area contributed by atoms with Crippen LogP contribution in [-0.2, 0) is 6.54 Å². The lowest BCUT2D eigenvalue weighted by Gasteiger charge is -2.13. The number of nitrogens with one attached hydrogen (secondary N) is 1. The lowest BCUT2D eigenvalue weighted by Crippen LogP contribution is -2.35. The first-order chi connectivity index (χ1) is 8.35. The molecule has 0 unspecified atom stereocenters. The molecular formula is C10H11F3N2O3. The van der Waals surface area contributed by atoms with Crippen molar-refractivity contribution in [2.45, 2.75) is 12.5 Å². The molecule has 0 aliphatic heterocycles. The second-order valence-electron chi connectivity index (χ2n) is 3.66. The maximum atomic E-state index is 13.2. The first-order valence-electron chi connectivity index (χ1n) is 4.98. The number of nitro groups is 1. The maximum Gasteiger partial charge on any atom is 0.304 e. The smallest absolute Gasteiger partial charge is 0.304 e. The van der Waals surface area contributed by atoms with Gasteiger partial charge < -0.3 is 10.4 Å². The standard InChI is InChI=1S/C10H11F3N2O3/c11-8-3-7(1-2-9(8)15(17)18)4-14-5-10(12,13)6-16/h1-3,14,16H,4-6H2. The van der Waals surface area contributed by atoms with Crippen LogP contribution in [0.25, 0.3) is 0 Å². The molecule has 0 heterocycles. The third-order valence-corrected chi connectivity index (χ3v) is 2.15. The van der Waals surface area contributed by atoms with E-state index in [1.165, 1.54) is 6.07 Å². The van der Waals surface area contributed by atoms with E-state index in [0.717, 1.165) is 12.1 Å². The number of aliphatic hydroxyl groups excluding tert-OH is 1. The number of aliphatic hydroxyl groups is 1. The normalized spacial score (nSPS) is 11.6. The van der Waals surface area contributed by atoms with Crippen LogP contribution in [0, 0.1) is 15.9 Å². The molecule has 0 amide bonds. The highest BCUT2D eigenvalue weighted by Crippen LogP contribution is 2.18. The number of nitro benzene ring substituents is 1. The van der Waals surface area contributed by atoms with Crippen molar-refractivity contribution in [3.63, 3.8) is 0 Å². The Morgan fingerprint density at radius 2 is 2.11 bits per heavy atom. The highest BCUT2D eigenvalue weighted by atomic mass is 19.3. The molecule has 2 N–H and O–H groups in total. The monoisotopic (exact) mass is 264 g/mol. The second-order valence-corrected chi connectivity index (χ2v) is 3.66. The van der Waals surface area contributed by atoms with E-state index in [2.05, 4.69) is 5.32 Å². The van der Waals surface area contributed by atoms with Gasteiger partial charge in [-0.05, 0) is 11.6 Å². The topological polar surface area (TPSA) is 75.4 Å². The molecule has 0 aromatic heterocycles. The van der Waals surface area contributed by atoms with E-state index in [0.29, 0.717) is 5.56 Å². The Hall–Kier alpha value is -1.67. The van der Waals surface area contributed by atoms with Gasteiger partial charge in [-0.15, -0.1) is 0 Å². The third kappa shape index (κ3) is 3.97. The van der Waals surface area contributed by atoms with Crippen LogP contribution in [0.3, 0.4) is 0 Å². The van der Waals surface area contributed by atoms with Crippen LogP contribution in [0.1, 0.15) is 5.56 Å². The minimum Gasteiger partial charge on any atom is -0.390 e. The van der Waals surface area contributed by atoms with Gasteiger partial charge in [0.15, 0.2) is 0 Å². The lowest BCUT2D eigenvalue weighted by molar-refractivity contribution is -0.387. The number of nitrogens with zero attached hydrogens (tertiary/aromatic N) is 1. The van der Waals surface area contributed by atoms with Crippen molar-refractivity contribution in [3.05, 3.63) is 39.7 Å². The van der Waals surface area contributed by atoms with Gasteiger partial charge in [0.25, 0.3) is 5.92 Å². The summed E-state index contributed by atoms with van der Waals surface area (Å²) in [5.74, 6) is -4.27. The van der Waals surface area contributed by atoms with Crippen LogP contribution in [0.5, 0.6) is 0 Å². The molecule has 0 radical (unpaired) electrons. The van der Waals surface area contributed by atoms with Gasteiger partial charge in [-0.25, -0.2) is 8.78 Å². The molecule has 0 atom stereocenters. The largest absolute Gasteiger partial charge is 0.390 e. The number of hydrogen-bond acceptors (Lipinski definition) is 4. The summed E-state index contributed by atoms with van der Waals surface area (Å²) in [5, 5.41) is 21.0. The first-order valence-corrected chi connectivity index (χ1v) is 4.98. The Balaban J connectivity index is 2.59. The van der Waals surface area contributed by atoms with Gasteiger partial charge in [-0.3, -0.25) is 10.1 Å². The molecule has 1 aromatic rings. The van der Waals surface area contributed by atoms with Crippen molar-refractivity contribution in [3.8, 4) is 0 Å². The van der Waals surface area contributed by atoms with Crippen molar-refractivity contribution < 1.29 is 23.2 Å². The fourth-order valence-corrected chi connectivity index (χ4v) is 1.25. The number of hydrogen-bond donors (Lipinski definition) is 2. The number of alkyl halides is 2. The summed E-state index contributed by atoms with van der Waals surface area (Å²) in [7, 11) is 0. The van der Waals surface area contributed by atoms with Crippen LogP contribution in [0.2, 0.25) is 0 Å². The molecule has 0 aliphatic carbocycles. The van der Waals surface area contributed by atoms with E-state index in [1.54, 1.807) is 0 Å². The molecule has 0 saturated heterocycles. The van der Waals surface area contributed by atoms with E-state index >= 15 is 0 Å². The number of benzene rings is 1. The lowest BCUT2D eigenvalue weighted by atomic mass is 10.2. The summed E-state index contributed by atoms with van der Waals surface area (Å²) in [5.41, 5.74) is -0.369. The summed E-state index contributed by atoms with van der Waals surface area (Å²) in [6.07, 6.45) is 0. The van der Waals surface area contributed by atoms with Crippen molar-refractivity contribution in [1.82, 2.24) is 5.32 Å². The Bertz CT molecular complexity index is 440. The van der Waals surface area contributed by atoms with E-state index in [1.807, 2.05) is 0 Å². The summed E-state index contributed by atoms with van der Waals surface area (Å²) >= 11 is 0. The molecule has 1 rings (SSSR count). The highest BCUT2D eigenvalue weighted by molar-refractivity contribution is 5.34. The average molecular weight is 264 g/mol. The van der Waals surface area contributed by atoms with Gasteiger partial charge in [-0.2, -0.15) is 4.39 Å². The van der Waals surface area contributed by atoms with Gasteiger partial charge in [0.2, 0.25) is 5.82 Å². The molecule has 0 aliphatic rings. The van der Waals surface area contributed by atoms with Crippen LogP contribution in [-0.4, -0.2) is 29.1 Å². The molecule has 8 heteroatoms. The van der Waals surface area contributed by atoms with Crippen LogP contribution in [0.4, 0.5) is 18.9 Å². The summed E-state index contributed by atoms with van der Waals surface area (Å²) in [4.78, 5) is 9.47. The zero-order valence-corrected chi connectivity index (χ0v) is 9.20. The fourth-order valence-electron chi connectivity index (χ4n) is 1.25. The molecule has 18 heavy (non-hydrogen) atoms. The van der Waals surface area contributed by atoms with Gasteiger partial charge in [0.1, 0.15) is 6.61 Å². The third-order valence-electron chi connectivity index (χ3n) is 2.15. The minimum absolute atomic E-state index is 0.0789. The molecule has 1 aromatic carbocycles. The maximum absolute atomic E-state index is 13.2. The van der Waals surface area contributed by atoms with Gasteiger partial charge >= 0.3 is 5.69 Å². The molecule has 5 nitrogen and oxygen atoms in total. The Morgan fingerprint density at radius 3 is 2.61 bits per heavy atom. The molecule has 0 spiro atoms. The summed E-state index contributed by atoms with van der Waals surface area (Å²) in [6.45, 7) is -2.12. The molecule has 100 valence electrons. The van der Waals surface area contributed by atoms with Crippen molar-refractivity contribution >= 4 is 5.69 Å². The van der Waals surface area contributed by atoms with Gasteiger partial charge in [-0.1, -0.05) is 6.07 Å². The van der Waals surface area contributed by atoms with Crippen LogP contribution < -0.4 is 5.32 Å². The zero-order valence-electron chi connectivity index (χ0n) is 9.20. The molecular weight excluding hydrogens is 253 g/mol. The van der Waals surface area contributed by atoms with Crippen LogP contribution in [0.15, 0.2) is 18.2 Å².